The first-order valence-corrected chi connectivity index (χ1v) is 6.93. The molecule has 2 saturated carbocycles. The third-order valence-corrected chi connectivity index (χ3v) is 4.75. The molecular formula is C14H26O. The van der Waals surface area contributed by atoms with E-state index in [-0.39, 0.29) is 5.60 Å². The zero-order valence-corrected chi connectivity index (χ0v) is 10.2. The van der Waals surface area contributed by atoms with Crippen molar-refractivity contribution in [2.45, 2.75) is 76.7 Å². The fourth-order valence-corrected chi connectivity index (χ4v) is 3.55. The van der Waals surface area contributed by atoms with Crippen molar-refractivity contribution in [3.8, 4) is 0 Å². The van der Waals surface area contributed by atoms with E-state index in [1.165, 1.54) is 51.4 Å². The Labute approximate surface area is 94.3 Å². The highest BCUT2D eigenvalue weighted by Gasteiger charge is 2.37. The lowest BCUT2D eigenvalue weighted by molar-refractivity contribution is -0.0492. The van der Waals surface area contributed by atoms with Crippen molar-refractivity contribution in [2.24, 2.45) is 11.8 Å². The molecule has 0 heterocycles. The summed E-state index contributed by atoms with van der Waals surface area (Å²) in [5.74, 6) is 1.52. The molecule has 2 rings (SSSR count). The lowest BCUT2D eigenvalue weighted by atomic mass is 9.71. The zero-order chi connectivity index (χ0) is 10.7. The topological polar surface area (TPSA) is 20.2 Å². The Balaban J connectivity index is 1.94. The standard InChI is InChI=1S/C14H26O/c1-12-6-8-13(9-7-12)14(15)10-4-2-3-5-11-14/h12-13,15H,2-11H2,1H3. The minimum absolute atomic E-state index is 0.281. The average Bonchev–Trinajstić information content (AvgIpc) is 2.45. The molecule has 15 heavy (non-hydrogen) atoms. The highest BCUT2D eigenvalue weighted by atomic mass is 16.3. The Morgan fingerprint density at radius 1 is 0.867 bits per heavy atom. The Hall–Kier alpha value is -0.0400. The molecule has 0 bridgehead atoms. The molecule has 0 radical (unpaired) electrons. The van der Waals surface area contributed by atoms with Crippen molar-refractivity contribution in [3.63, 3.8) is 0 Å². The van der Waals surface area contributed by atoms with Gasteiger partial charge in [0.05, 0.1) is 5.60 Å². The first-order chi connectivity index (χ1) is 7.21. The predicted molar refractivity (Wildman–Crippen MR) is 63.8 cm³/mol. The molecule has 2 fully saturated rings. The molecule has 0 amide bonds. The second kappa shape index (κ2) is 4.86. The van der Waals surface area contributed by atoms with E-state index in [4.69, 9.17) is 0 Å². The summed E-state index contributed by atoms with van der Waals surface area (Å²) in [6.45, 7) is 2.35. The fourth-order valence-electron chi connectivity index (χ4n) is 3.55. The number of hydrogen-bond acceptors (Lipinski definition) is 1. The summed E-state index contributed by atoms with van der Waals surface area (Å²) < 4.78 is 0. The van der Waals surface area contributed by atoms with Gasteiger partial charge in [-0.25, -0.2) is 0 Å². The molecule has 0 atom stereocenters. The Morgan fingerprint density at radius 2 is 1.40 bits per heavy atom. The van der Waals surface area contributed by atoms with Crippen LogP contribution in [0.2, 0.25) is 0 Å². The van der Waals surface area contributed by atoms with Crippen LogP contribution in [0.3, 0.4) is 0 Å². The second-order valence-corrected chi connectivity index (χ2v) is 5.97. The van der Waals surface area contributed by atoms with E-state index >= 15 is 0 Å². The SMILES string of the molecule is CC1CCC(C2(O)CCCCCC2)CC1. The van der Waals surface area contributed by atoms with Crippen LogP contribution in [0.15, 0.2) is 0 Å². The van der Waals surface area contributed by atoms with Gasteiger partial charge in [-0.05, 0) is 37.5 Å². The van der Waals surface area contributed by atoms with Gasteiger partial charge in [-0.2, -0.15) is 0 Å². The van der Waals surface area contributed by atoms with Crippen LogP contribution in [-0.2, 0) is 0 Å². The summed E-state index contributed by atoms with van der Waals surface area (Å²) in [6, 6.07) is 0. The van der Waals surface area contributed by atoms with Crippen molar-refractivity contribution in [3.05, 3.63) is 0 Å². The second-order valence-electron chi connectivity index (χ2n) is 5.97. The van der Waals surface area contributed by atoms with Crippen molar-refractivity contribution in [1.29, 1.82) is 0 Å². The van der Waals surface area contributed by atoms with Crippen molar-refractivity contribution in [1.82, 2.24) is 0 Å². The van der Waals surface area contributed by atoms with Gasteiger partial charge in [0.1, 0.15) is 0 Å². The first-order valence-electron chi connectivity index (χ1n) is 6.93. The minimum atomic E-state index is -0.281. The third-order valence-electron chi connectivity index (χ3n) is 4.75. The summed E-state index contributed by atoms with van der Waals surface area (Å²) in [7, 11) is 0. The molecule has 1 nitrogen and oxygen atoms in total. The maximum absolute atomic E-state index is 10.8. The molecule has 0 aliphatic heterocycles. The number of hydrogen-bond donors (Lipinski definition) is 1. The third kappa shape index (κ3) is 2.75. The summed E-state index contributed by atoms with van der Waals surface area (Å²) in [5.41, 5.74) is -0.281. The van der Waals surface area contributed by atoms with Gasteiger partial charge in [-0.1, -0.05) is 45.4 Å². The highest BCUT2D eigenvalue weighted by molar-refractivity contribution is 4.90. The van der Waals surface area contributed by atoms with Gasteiger partial charge in [-0.3, -0.25) is 0 Å². The summed E-state index contributed by atoms with van der Waals surface area (Å²) in [6.07, 6.45) is 12.6. The molecule has 0 aromatic carbocycles. The van der Waals surface area contributed by atoms with E-state index < -0.39 is 0 Å². The molecule has 88 valence electrons. The van der Waals surface area contributed by atoms with E-state index in [2.05, 4.69) is 6.92 Å². The zero-order valence-electron chi connectivity index (χ0n) is 10.2. The van der Waals surface area contributed by atoms with E-state index in [1.54, 1.807) is 0 Å². The molecule has 1 N–H and O–H groups in total. The van der Waals surface area contributed by atoms with Gasteiger partial charge in [-0.15, -0.1) is 0 Å². The normalized spacial score (nSPS) is 37.2. The predicted octanol–water partition coefficient (Wildman–Crippen LogP) is 3.90. The molecule has 1 heteroatoms. The van der Waals surface area contributed by atoms with Gasteiger partial charge in [0.25, 0.3) is 0 Å². The molecular weight excluding hydrogens is 184 g/mol. The van der Waals surface area contributed by atoms with Crippen molar-refractivity contribution >= 4 is 0 Å². The summed E-state index contributed by atoms with van der Waals surface area (Å²) >= 11 is 0. The quantitative estimate of drug-likeness (QED) is 0.651. The Kier molecular flexibility index (Phi) is 3.71. The first kappa shape index (κ1) is 11.4. The minimum Gasteiger partial charge on any atom is -0.390 e. The highest BCUT2D eigenvalue weighted by Crippen LogP contribution is 2.41. The molecule has 0 saturated heterocycles. The van der Waals surface area contributed by atoms with Gasteiger partial charge < -0.3 is 5.11 Å². The smallest absolute Gasteiger partial charge is 0.0675 e. The largest absolute Gasteiger partial charge is 0.390 e. The molecule has 0 unspecified atom stereocenters. The molecule has 2 aliphatic rings. The van der Waals surface area contributed by atoms with Crippen molar-refractivity contribution in [2.75, 3.05) is 0 Å². The molecule has 0 aromatic heterocycles. The van der Waals surface area contributed by atoms with E-state index in [0.717, 1.165) is 18.8 Å². The van der Waals surface area contributed by atoms with Crippen LogP contribution < -0.4 is 0 Å². The molecule has 0 spiro atoms. The van der Waals surface area contributed by atoms with E-state index in [9.17, 15) is 5.11 Å². The maximum atomic E-state index is 10.8. The molecule has 0 aromatic rings. The van der Waals surface area contributed by atoms with Crippen LogP contribution in [0.5, 0.6) is 0 Å². The van der Waals surface area contributed by atoms with Crippen LogP contribution in [0, 0.1) is 11.8 Å². The monoisotopic (exact) mass is 210 g/mol. The summed E-state index contributed by atoms with van der Waals surface area (Å²) in [4.78, 5) is 0. The lowest BCUT2D eigenvalue weighted by Crippen LogP contribution is -2.39. The van der Waals surface area contributed by atoms with Gasteiger partial charge in [0, 0.05) is 0 Å². The fraction of sp³-hybridized carbons (Fsp3) is 1.00. The van der Waals surface area contributed by atoms with Gasteiger partial charge in [0.2, 0.25) is 0 Å². The molecule has 2 aliphatic carbocycles. The van der Waals surface area contributed by atoms with Crippen LogP contribution in [0.25, 0.3) is 0 Å². The van der Waals surface area contributed by atoms with E-state index in [0.29, 0.717) is 5.92 Å². The average molecular weight is 210 g/mol. The van der Waals surface area contributed by atoms with E-state index in [1.807, 2.05) is 0 Å². The summed E-state index contributed by atoms with van der Waals surface area (Å²) in [5, 5.41) is 10.8. The van der Waals surface area contributed by atoms with Crippen LogP contribution in [0.1, 0.15) is 71.1 Å². The van der Waals surface area contributed by atoms with Gasteiger partial charge in [0.15, 0.2) is 0 Å². The van der Waals surface area contributed by atoms with Crippen LogP contribution in [0.4, 0.5) is 0 Å². The Bertz CT molecular complexity index is 184. The van der Waals surface area contributed by atoms with Gasteiger partial charge >= 0.3 is 0 Å². The maximum Gasteiger partial charge on any atom is 0.0675 e. The number of aliphatic hydroxyl groups is 1. The van der Waals surface area contributed by atoms with Crippen molar-refractivity contribution < 1.29 is 5.11 Å². The number of rotatable bonds is 1. The lowest BCUT2D eigenvalue weighted by Gasteiger charge is -2.39. The van der Waals surface area contributed by atoms with Crippen LogP contribution in [-0.4, -0.2) is 10.7 Å². The van der Waals surface area contributed by atoms with Crippen LogP contribution >= 0.6 is 0 Å². The Morgan fingerprint density at radius 3 is 1.93 bits per heavy atom.